The topological polar surface area (TPSA) is 64.7 Å². The molecule has 1 fully saturated rings. The van der Waals surface area contributed by atoms with E-state index in [9.17, 15) is 9.59 Å². The highest BCUT2D eigenvalue weighted by Crippen LogP contribution is 2.19. The van der Waals surface area contributed by atoms with Crippen molar-refractivity contribution in [1.82, 2.24) is 10.2 Å². The molecule has 0 bridgehead atoms. The monoisotopic (exact) mass is 320 g/mol. The fourth-order valence-electron chi connectivity index (χ4n) is 2.36. The van der Waals surface area contributed by atoms with Gasteiger partial charge in [-0.05, 0) is 36.5 Å². The summed E-state index contributed by atoms with van der Waals surface area (Å²) >= 11 is 5.02. The number of hydrogen-bond donors (Lipinski definition) is 2. The molecule has 2 rings (SSSR count). The average Bonchev–Trinajstić information content (AvgIpc) is 2.47. The van der Waals surface area contributed by atoms with Gasteiger partial charge in [0.1, 0.15) is 0 Å². The Kier molecular flexibility index (Phi) is 5.32. The molecule has 22 heavy (non-hydrogen) atoms. The number of nitrogens with one attached hydrogen (secondary N) is 2. The number of nitrogens with zero attached hydrogens (tertiary/aromatic N) is 2. The summed E-state index contributed by atoms with van der Waals surface area (Å²) in [4.78, 5) is 26.3. The maximum absolute atomic E-state index is 11.3. The van der Waals surface area contributed by atoms with Gasteiger partial charge in [0, 0.05) is 51.4 Å². The van der Waals surface area contributed by atoms with Crippen molar-refractivity contribution in [3.8, 4) is 0 Å². The first kappa shape index (κ1) is 16.2. The quantitative estimate of drug-likeness (QED) is 0.802. The zero-order valence-electron chi connectivity index (χ0n) is 12.8. The van der Waals surface area contributed by atoms with Gasteiger partial charge in [-0.25, -0.2) is 0 Å². The molecule has 1 aromatic rings. The Hall–Kier alpha value is -2.15. The molecule has 118 valence electrons. The summed E-state index contributed by atoms with van der Waals surface area (Å²) < 4.78 is 0. The summed E-state index contributed by atoms with van der Waals surface area (Å²) in [7, 11) is 0. The van der Waals surface area contributed by atoms with Gasteiger partial charge in [0.2, 0.25) is 11.8 Å². The Morgan fingerprint density at radius 1 is 1.05 bits per heavy atom. The van der Waals surface area contributed by atoms with E-state index in [0.717, 1.165) is 37.6 Å². The third-order valence-corrected chi connectivity index (χ3v) is 3.71. The standard InChI is InChI=1S/C15H20N4O2S/c1-11(20)16-15(22)17-13-3-5-14(6-4-13)19-9-7-18(8-10-19)12(2)21/h3-6H,7-10H2,1-2H3,(H2,16,17,20,22). The molecular formula is C15H20N4O2S. The summed E-state index contributed by atoms with van der Waals surface area (Å²) in [6.07, 6.45) is 0. The van der Waals surface area contributed by atoms with Crippen LogP contribution in [0, 0.1) is 0 Å². The van der Waals surface area contributed by atoms with Crippen LogP contribution in [0.25, 0.3) is 0 Å². The van der Waals surface area contributed by atoms with Crippen molar-refractivity contribution in [1.29, 1.82) is 0 Å². The normalized spacial score (nSPS) is 14.5. The predicted octanol–water partition coefficient (Wildman–Crippen LogP) is 1.19. The van der Waals surface area contributed by atoms with Crippen molar-refractivity contribution >= 4 is 40.5 Å². The molecule has 1 heterocycles. The predicted molar refractivity (Wildman–Crippen MR) is 90.9 cm³/mol. The number of hydrogen-bond acceptors (Lipinski definition) is 4. The van der Waals surface area contributed by atoms with Crippen LogP contribution in [0.3, 0.4) is 0 Å². The van der Waals surface area contributed by atoms with Gasteiger partial charge >= 0.3 is 0 Å². The lowest BCUT2D eigenvalue weighted by Crippen LogP contribution is -2.48. The van der Waals surface area contributed by atoms with Crippen LogP contribution >= 0.6 is 12.2 Å². The second-order valence-electron chi connectivity index (χ2n) is 5.18. The lowest BCUT2D eigenvalue weighted by molar-refractivity contribution is -0.129. The number of anilines is 2. The van der Waals surface area contributed by atoms with Gasteiger partial charge in [0.25, 0.3) is 0 Å². The second kappa shape index (κ2) is 7.22. The molecule has 1 aliphatic heterocycles. The Morgan fingerprint density at radius 2 is 1.64 bits per heavy atom. The van der Waals surface area contributed by atoms with Crippen molar-refractivity contribution in [2.45, 2.75) is 13.8 Å². The summed E-state index contributed by atoms with van der Waals surface area (Å²) in [5.41, 5.74) is 1.93. The van der Waals surface area contributed by atoms with Crippen molar-refractivity contribution < 1.29 is 9.59 Å². The van der Waals surface area contributed by atoms with E-state index >= 15 is 0 Å². The highest BCUT2D eigenvalue weighted by atomic mass is 32.1. The van der Waals surface area contributed by atoms with Gasteiger partial charge in [-0.1, -0.05) is 0 Å². The van der Waals surface area contributed by atoms with Gasteiger partial charge in [-0.2, -0.15) is 0 Å². The maximum Gasteiger partial charge on any atom is 0.222 e. The van der Waals surface area contributed by atoms with Crippen LogP contribution in [0.4, 0.5) is 11.4 Å². The number of carbonyl (C=O) groups excluding carboxylic acids is 2. The van der Waals surface area contributed by atoms with E-state index in [4.69, 9.17) is 12.2 Å². The molecule has 0 aromatic heterocycles. The largest absolute Gasteiger partial charge is 0.368 e. The molecule has 1 saturated heterocycles. The van der Waals surface area contributed by atoms with Crippen LogP contribution in [0.1, 0.15) is 13.8 Å². The van der Waals surface area contributed by atoms with Crippen LogP contribution in [0.5, 0.6) is 0 Å². The molecule has 0 spiro atoms. The van der Waals surface area contributed by atoms with E-state index in [0.29, 0.717) is 0 Å². The van der Waals surface area contributed by atoms with E-state index in [1.807, 2.05) is 29.2 Å². The molecule has 2 amide bonds. The molecule has 0 radical (unpaired) electrons. The van der Waals surface area contributed by atoms with E-state index in [1.54, 1.807) is 6.92 Å². The summed E-state index contributed by atoms with van der Waals surface area (Å²) in [5, 5.41) is 5.76. The van der Waals surface area contributed by atoms with Crippen molar-refractivity contribution in [3.05, 3.63) is 24.3 Å². The molecule has 0 saturated carbocycles. The Balaban J connectivity index is 1.91. The lowest BCUT2D eigenvalue weighted by atomic mass is 10.2. The summed E-state index contributed by atoms with van der Waals surface area (Å²) in [6.45, 7) is 6.18. The minimum Gasteiger partial charge on any atom is -0.368 e. The number of thiocarbonyl (C=S) groups is 1. The number of carbonyl (C=O) groups is 2. The molecule has 0 aliphatic carbocycles. The minimum atomic E-state index is -0.197. The Bertz CT molecular complexity index is 565. The zero-order chi connectivity index (χ0) is 16.1. The molecule has 6 nitrogen and oxygen atoms in total. The minimum absolute atomic E-state index is 0.130. The highest BCUT2D eigenvalue weighted by molar-refractivity contribution is 7.80. The number of amides is 2. The molecule has 2 N–H and O–H groups in total. The molecule has 7 heteroatoms. The Morgan fingerprint density at radius 3 is 2.14 bits per heavy atom. The van der Waals surface area contributed by atoms with Gasteiger partial charge in [0.15, 0.2) is 5.11 Å². The zero-order valence-corrected chi connectivity index (χ0v) is 13.6. The van der Waals surface area contributed by atoms with Crippen LogP contribution in [0.2, 0.25) is 0 Å². The van der Waals surface area contributed by atoms with E-state index in [-0.39, 0.29) is 16.9 Å². The molecule has 1 aliphatic rings. The average molecular weight is 320 g/mol. The smallest absolute Gasteiger partial charge is 0.222 e. The first-order valence-electron chi connectivity index (χ1n) is 7.15. The number of rotatable bonds is 2. The van der Waals surface area contributed by atoms with Crippen molar-refractivity contribution in [3.63, 3.8) is 0 Å². The third kappa shape index (κ3) is 4.42. The van der Waals surface area contributed by atoms with E-state index in [2.05, 4.69) is 15.5 Å². The number of benzene rings is 1. The summed E-state index contributed by atoms with van der Waals surface area (Å²) in [6, 6.07) is 7.84. The second-order valence-corrected chi connectivity index (χ2v) is 5.58. The van der Waals surface area contributed by atoms with Crippen LogP contribution in [-0.4, -0.2) is 48.0 Å². The van der Waals surface area contributed by atoms with Crippen LogP contribution in [0.15, 0.2) is 24.3 Å². The molecular weight excluding hydrogens is 300 g/mol. The third-order valence-electron chi connectivity index (χ3n) is 3.50. The van der Waals surface area contributed by atoms with Crippen LogP contribution < -0.4 is 15.5 Å². The van der Waals surface area contributed by atoms with Crippen LogP contribution in [-0.2, 0) is 9.59 Å². The fourth-order valence-corrected chi connectivity index (χ4v) is 2.62. The number of piperazine rings is 1. The van der Waals surface area contributed by atoms with Gasteiger partial charge < -0.3 is 20.4 Å². The van der Waals surface area contributed by atoms with E-state index in [1.165, 1.54) is 6.92 Å². The first-order valence-corrected chi connectivity index (χ1v) is 7.55. The van der Waals surface area contributed by atoms with Gasteiger partial charge in [-0.15, -0.1) is 0 Å². The molecule has 0 atom stereocenters. The lowest BCUT2D eigenvalue weighted by Gasteiger charge is -2.35. The van der Waals surface area contributed by atoms with Crippen molar-refractivity contribution in [2.24, 2.45) is 0 Å². The first-order chi connectivity index (χ1) is 10.5. The van der Waals surface area contributed by atoms with Gasteiger partial charge in [0.05, 0.1) is 0 Å². The van der Waals surface area contributed by atoms with E-state index < -0.39 is 0 Å². The SMILES string of the molecule is CC(=O)NC(=S)Nc1ccc(N2CCN(C(C)=O)CC2)cc1. The molecule has 0 unspecified atom stereocenters. The summed E-state index contributed by atoms with van der Waals surface area (Å²) in [5.74, 6) is -0.0665. The fraction of sp³-hybridized carbons (Fsp3) is 0.400. The van der Waals surface area contributed by atoms with Crippen molar-refractivity contribution in [2.75, 3.05) is 36.4 Å². The maximum atomic E-state index is 11.3. The molecule has 1 aromatic carbocycles. The Labute approximate surface area is 135 Å². The van der Waals surface area contributed by atoms with Gasteiger partial charge in [-0.3, -0.25) is 9.59 Å². The highest BCUT2D eigenvalue weighted by Gasteiger charge is 2.18.